The number of nitrogens with zero attached hydrogens (tertiary/aromatic N) is 4. The van der Waals surface area contributed by atoms with Crippen LogP contribution in [0, 0.1) is 0 Å². The maximum Gasteiger partial charge on any atom is 0.241 e. The van der Waals surface area contributed by atoms with Crippen LogP contribution in [0.1, 0.15) is 17.7 Å². The summed E-state index contributed by atoms with van der Waals surface area (Å²) >= 11 is 1.76. The monoisotopic (exact) mass is 301 g/mol. The quantitative estimate of drug-likeness (QED) is 0.492. The van der Waals surface area contributed by atoms with Crippen molar-refractivity contribution < 1.29 is 0 Å². The van der Waals surface area contributed by atoms with Gasteiger partial charge in [-0.05, 0) is 24.3 Å². The van der Waals surface area contributed by atoms with E-state index >= 15 is 0 Å². The Morgan fingerprint density at radius 1 is 1.43 bits per heavy atom. The average Bonchev–Trinajstić information content (AvgIpc) is 3.02. The van der Waals surface area contributed by atoms with Gasteiger partial charge in [-0.2, -0.15) is 15.1 Å². The van der Waals surface area contributed by atoms with Gasteiger partial charge in [0.1, 0.15) is 5.82 Å². The van der Waals surface area contributed by atoms with E-state index in [1.54, 1.807) is 17.5 Å². The summed E-state index contributed by atoms with van der Waals surface area (Å²) in [5, 5.41) is 9.99. The molecular weight excluding hydrogens is 286 g/mol. The summed E-state index contributed by atoms with van der Waals surface area (Å²) in [6.07, 6.45) is 4.16. The zero-order valence-corrected chi connectivity index (χ0v) is 12.1. The van der Waals surface area contributed by atoms with Crippen molar-refractivity contribution in [2.24, 2.45) is 5.84 Å². The molecule has 0 radical (unpaired) electrons. The Balaban J connectivity index is 1.79. The van der Waals surface area contributed by atoms with E-state index in [0.29, 0.717) is 17.6 Å². The highest BCUT2D eigenvalue weighted by Crippen LogP contribution is 2.36. The summed E-state index contributed by atoms with van der Waals surface area (Å²) in [5.41, 5.74) is 3.23. The molecule has 1 saturated carbocycles. The van der Waals surface area contributed by atoms with Crippen molar-refractivity contribution >= 4 is 34.1 Å². The van der Waals surface area contributed by atoms with Crippen LogP contribution in [0.25, 0.3) is 11.0 Å². The number of H-pyrrole nitrogens is 1. The first-order valence-corrected chi connectivity index (χ1v) is 7.70. The summed E-state index contributed by atoms with van der Waals surface area (Å²) in [5.74, 6) is 6.77. The SMILES string of the molecule is NNc1nc(N(Cc2cccs2)C2CC2)c2cn[nH]c2n1. The van der Waals surface area contributed by atoms with Gasteiger partial charge in [0.25, 0.3) is 0 Å². The minimum atomic E-state index is 0.401. The van der Waals surface area contributed by atoms with Gasteiger partial charge in [-0.3, -0.25) is 10.5 Å². The third kappa shape index (κ3) is 2.32. The largest absolute Gasteiger partial charge is 0.348 e. The number of nitrogens with one attached hydrogen (secondary N) is 2. The highest BCUT2D eigenvalue weighted by atomic mass is 32.1. The van der Waals surface area contributed by atoms with E-state index in [1.165, 1.54) is 17.7 Å². The molecule has 0 aliphatic heterocycles. The molecule has 8 heteroatoms. The first kappa shape index (κ1) is 12.5. The lowest BCUT2D eigenvalue weighted by Gasteiger charge is -2.23. The molecule has 4 rings (SSSR count). The van der Waals surface area contributed by atoms with Crippen molar-refractivity contribution in [3.8, 4) is 0 Å². The number of rotatable bonds is 5. The summed E-state index contributed by atoms with van der Waals surface area (Å²) in [4.78, 5) is 12.5. The molecule has 7 nitrogen and oxygen atoms in total. The predicted molar refractivity (Wildman–Crippen MR) is 83.0 cm³/mol. The van der Waals surface area contributed by atoms with Crippen LogP contribution in [0.4, 0.5) is 11.8 Å². The van der Waals surface area contributed by atoms with Gasteiger partial charge in [-0.25, -0.2) is 5.84 Å². The normalized spacial score (nSPS) is 14.5. The van der Waals surface area contributed by atoms with Crippen LogP contribution in [0.15, 0.2) is 23.7 Å². The van der Waals surface area contributed by atoms with E-state index in [2.05, 4.69) is 48.0 Å². The van der Waals surface area contributed by atoms with Gasteiger partial charge in [0.05, 0.1) is 18.1 Å². The molecule has 0 amide bonds. The van der Waals surface area contributed by atoms with Gasteiger partial charge in [0, 0.05) is 10.9 Å². The molecular formula is C13H15N7S. The lowest BCUT2D eigenvalue weighted by molar-refractivity contribution is 0.790. The van der Waals surface area contributed by atoms with Crippen LogP contribution in [0.5, 0.6) is 0 Å². The molecule has 3 heterocycles. The summed E-state index contributed by atoms with van der Waals surface area (Å²) in [6.45, 7) is 0.851. The van der Waals surface area contributed by atoms with E-state index in [0.717, 1.165) is 17.7 Å². The molecule has 21 heavy (non-hydrogen) atoms. The minimum absolute atomic E-state index is 0.401. The van der Waals surface area contributed by atoms with Crippen molar-refractivity contribution in [1.29, 1.82) is 0 Å². The number of nitrogen functional groups attached to an aromatic ring is 1. The summed E-state index contributed by atoms with van der Waals surface area (Å²) < 4.78 is 0. The molecule has 0 bridgehead atoms. The van der Waals surface area contributed by atoms with Crippen LogP contribution in [0.2, 0.25) is 0 Å². The Bertz CT molecular complexity index is 747. The Morgan fingerprint density at radius 3 is 3.05 bits per heavy atom. The Labute approximate surface area is 125 Å². The van der Waals surface area contributed by atoms with Crippen molar-refractivity contribution in [3.63, 3.8) is 0 Å². The Kier molecular flexibility index (Phi) is 2.97. The molecule has 0 unspecified atom stereocenters. The molecule has 3 aromatic rings. The fourth-order valence-corrected chi connectivity index (χ4v) is 3.14. The topological polar surface area (TPSA) is 95.7 Å². The van der Waals surface area contributed by atoms with Gasteiger partial charge in [-0.1, -0.05) is 6.07 Å². The predicted octanol–water partition coefficient (Wildman–Crippen LogP) is 1.87. The van der Waals surface area contributed by atoms with Crippen molar-refractivity contribution in [2.45, 2.75) is 25.4 Å². The molecule has 1 aliphatic rings. The highest BCUT2D eigenvalue weighted by molar-refractivity contribution is 7.09. The summed E-state index contributed by atoms with van der Waals surface area (Å²) in [7, 11) is 0. The van der Waals surface area contributed by atoms with Crippen molar-refractivity contribution in [2.75, 3.05) is 10.3 Å². The lowest BCUT2D eigenvalue weighted by atomic mass is 10.3. The second-order valence-corrected chi connectivity index (χ2v) is 6.12. The highest BCUT2D eigenvalue weighted by Gasteiger charge is 2.32. The van der Waals surface area contributed by atoms with Gasteiger partial charge in [0.15, 0.2) is 5.65 Å². The molecule has 0 spiro atoms. The number of fused-ring (bicyclic) bond motifs is 1. The first-order valence-electron chi connectivity index (χ1n) is 6.82. The smallest absolute Gasteiger partial charge is 0.241 e. The standard InChI is InChI=1S/C13H15N7S/c14-18-13-16-11-10(6-15-19-11)12(17-13)20(8-3-4-8)7-9-2-1-5-21-9/h1-2,5-6,8H,3-4,7,14H2,(H2,15,16,17,18,19). The number of hydrazine groups is 1. The Morgan fingerprint density at radius 2 is 2.33 bits per heavy atom. The Hall–Kier alpha value is -2.19. The van der Waals surface area contributed by atoms with E-state index in [1.807, 2.05) is 0 Å². The van der Waals surface area contributed by atoms with Crippen molar-refractivity contribution in [3.05, 3.63) is 28.6 Å². The molecule has 0 atom stereocenters. The second-order valence-electron chi connectivity index (χ2n) is 5.09. The van der Waals surface area contributed by atoms with E-state index in [9.17, 15) is 0 Å². The fourth-order valence-electron chi connectivity index (χ4n) is 2.44. The van der Waals surface area contributed by atoms with E-state index < -0.39 is 0 Å². The number of hydrogen-bond acceptors (Lipinski definition) is 7. The number of anilines is 2. The van der Waals surface area contributed by atoms with Gasteiger partial charge < -0.3 is 4.90 Å². The molecule has 1 fully saturated rings. The van der Waals surface area contributed by atoms with Crippen LogP contribution < -0.4 is 16.2 Å². The molecule has 4 N–H and O–H groups in total. The zero-order chi connectivity index (χ0) is 14.2. The molecule has 0 saturated heterocycles. The fraction of sp³-hybridized carbons (Fsp3) is 0.308. The van der Waals surface area contributed by atoms with Gasteiger partial charge in [-0.15, -0.1) is 11.3 Å². The molecule has 108 valence electrons. The van der Waals surface area contributed by atoms with E-state index in [4.69, 9.17) is 5.84 Å². The number of thiophene rings is 1. The zero-order valence-electron chi connectivity index (χ0n) is 11.3. The van der Waals surface area contributed by atoms with E-state index in [-0.39, 0.29) is 0 Å². The van der Waals surface area contributed by atoms with Crippen LogP contribution in [0.3, 0.4) is 0 Å². The average molecular weight is 301 g/mol. The molecule has 3 aromatic heterocycles. The third-order valence-corrected chi connectivity index (χ3v) is 4.45. The number of aromatic nitrogens is 4. The van der Waals surface area contributed by atoms with Gasteiger partial charge in [0.2, 0.25) is 5.95 Å². The van der Waals surface area contributed by atoms with Crippen LogP contribution >= 0.6 is 11.3 Å². The first-order chi connectivity index (χ1) is 10.3. The summed E-state index contributed by atoms with van der Waals surface area (Å²) in [6, 6.07) is 4.76. The van der Waals surface area contributed by atoms with Crippen LogP contribution in [-0.4, -0.2) is 26.2 Å². The van der Waals surface area contributed by atoms with Gasteiger partial charge >= 0.3 is 0 Å². The number of aromatic amines is 1. The maximum atomic E-state index is 5.48. The van der Waals surface area contributed by atoms with Crippen molar-refractivity contribution in [1.82, 2.24) is 20.2 Å². The second kappa shape index (κ2) is 4.97. The lowest BCUT2D eigenvalue weighted by Crippen LogP contribution is -2.26. The minimum Gasteiger partial charge on any atom is -0.348 e. The molecule has 1 aliphatic carbocycles. The number of hydrogen-bond donors (Lipinski definition) is 3. The molecule has 0 aromatic carbocycles. The maximum absolute atomic E-state index is 5.48. The van der Waals surface area contributed by atoms with Crippen LogP contribution in [-0.2, 0) is 6.54 Å². The third-order valence-electron chi connectivity index (χ3n) is 3.58. The number of nitrogens with two attached hydrogens (primary N) is 1.